The monoisotopic (exact) mass is 771 g/mol. The Morgan fingerprint density at radius 2 is 1.61 bits per heavy atom. The Morgan fingerprint density at radius 3 is 2.20 bits per heavy atom. The molecule has 0 spiro atoms. The van der Waals surface area contributed by atoms with Crippen LogP contribution in [0.4, 0.5) is 0 Å². The summed E-state index contributed by atoms with van der Waals surface area (Å²) >= 11 is -1.62. The molecule has 5 rings (SSSR count). The normalized spacial score (nSPS) is 15.8. The number of amides is 1. The summed E-state index contributed by atoms with van der Waals surface area (Å²) in [5, 5.41) is 1.10. The van der Waals surface area contributed by atoms with Gasteiger partial charge in [-0.25, -0.2) is 12.8 Å². The largest absolute Gasteiger partial charge is 0.369 e. The van der Waals surface area contributed by atoms with Gasteiger partial charge in [-0.05, 0) is 71.5 Å². The minimum atomic E-state index is -2.22. The highest BCUT2D eigenvalue weighted by Crippen LogP contribution is 2.41. The van der Waals surface area contributed by atoms with Gasteiger partial charge in [0.1, 0.15) is 0 Å². The van der Waals surface area contributed by atoms with Crippen molar-refractivity contribution in [2.75, 3.05) is 46.5 Å². The maximum Gasteiger partial charge on any atom is 0.264 e. The fourth-order valence-corrected chi connectivity index (χ4v) is 7.97. The predicted octanol–water partition coefficient (Wildman–Crippen LogP) is 8.23. The molecule has 0 radical (unpaired) electrons. The van der Waals surface area contributed by atoms with E-state index in [1.54, 1.807) is 20.4 Å². The van der Waals surface area contributed by atoms with Crippen LogP contribution in [0.3, 0.4) is 0 Å². The first-order valence-electron chi connectivity index (χ1n) is 19.1. The number of carbonyl (C=O) groups excluding carboxylic acids is 1. The van der Waals surface area contributed by atoms with Crippen molar-refractivity contribution in [1.29, 1.82) is 0 Å². The number of nitrogens with one attached hydrogen (secondary N) is 1. The van der Waals surface area contributed by atoms with Crippen molar-refractivity contribution >= 4 is 49.6 Å². The van der Waals surface area contributed by atoms with Gasteiger partial charge >= 0.3 is 0 Å². The zero-order valence-electron chi connectivity index (χ0n) is 33.7. The minimum Gasteiger partial charge on any atom is -0.369 e. The highest BCUT2D eigenvalue weighted by molar-refractivity contribution is 7.97. The molecule has 8 nitrogen and oxygen atoms in total. The average Bonchev–Trinajstić information content (AvgIpc) is 3.46. The molecular weight excluding hydrogens is 711 g/mol. The number of hydrogen-bond acceptors (Lipinski definition) is 4. The quantitative estimate of drug-likeness (QED) is 0.104. The molecule has 2 heterocycles. The summed E-state index contributed by atoms with van der Waals surface area (Å²) in [6.45, 7) is 16.1. The van der Waals surface area contributed by atoms with Crippen molar-refractivity contribution in [3.63, 3.8) is 0 Å². The van der Waals surface area contributed by atoms with E-state index in [1.165, 1.54) is 33.8 Å². The molecule has 0 aliphatic carbocycles. The lowest BCUT2D eigenvalue weighted by Gasteiger charge is -2.36. The summed E-state index contributed by atoms with van der Waals surface area (Å²) in [7, 11) is 3.15. The fourth-order valence-electron chi connectivity index (χ4n) is 6.57. The Kier molecular flexibility index (Phi) is 15.5. The van der Waals surface area contributed by atoms with Crippen molar-refractivity contribution < 1.29 is 13.2 Å². The van der Waals surface area contributed by atoms with Crippen LogP contribution in [-0.2, 0) is 40.8 Å². The number of fused-ring (bicyclic) bond motifs is 1. The van der Waals surface area contributed by atoms with Crippen LogP contribution in [0.15, 0.2) is 85.1 Å². The van der Waals surface area contributed by atoms with Crippen LogP contribution < -0.4 is 4.72 Å². The second-order valence-electron chi connectivity index (χ2n) is 14.5. The molecule has 10 heteroatoms. The van der Waals surface area contributed by atoms with E-state index >= 15 is 0 Å². The van der Waals surface area contributed by atoms with Gasteiger partial charge in [0.2, 0.25) is 0 Å². The second-order valence-corrected chi connectivity index (χ2v) is 18.3. The summed E-state index contributed by atoms with van der Waals surface area (Å²) in [6, 6.07) is 23.1. The molecule has 1 fully saturated rings. The van der Waals surface area contributed by atoms with Crippen LogP contribution in [0.25, 0.3) is 28.2 Å². The molecule has 1 aromatic heterocycles. The topological polar surface area (TPSA) is 77.9 Å². The molecule has 4 aromatic rings. The van der Waals surface area contributed by atoms with Gasteiger partial charge in [0, 0.05) is 91.0 Å². The second kappa shape index (κ2) is 19.6. The summed E-state index contributed by atoms with van der Waals surface area (Å²) in [5.41, 5.74) is 9.45. The number of nitrogens with zero attached hydrogens (tertiary/aromatic N) is 4. The van der Waals surface area contributed by atoms with E-state index in [0.717, 1.165) is 65.8 Å². The Bertz CT molecular complexity index is 2060. The molecule has 1 amide bonds. The average molecular weight is 772 g/mol. The lowest BCUT2D eigenvalue weighted by atomic mass is 9.90. The Labute approximate surface area is 327 Å². The van der Waals surface area contributed by atoms with Crippen molar-refractivity contribution in [3.8, 4) is 11.3 Å². The van der Waals surface area contributed by atoms with Crippen molar-refractivity contribution in [3.05, 3.63) is 113 Å². The number of aromatic nitrogens is 1. The van der Waals surface area contributed by atoms with Crippen LogP contribution in [0.5, 0.6) is 0 Å². The van der Waals surface area contributed by atoms with Gasteiger partial charge < -0.3 is 9.47 Å². The zero-order chi connectivity index (χ0) is 39.6. The standard InChI is InChI=1S/C40H51N5O3S2.C4H10/c1-9-29(2)38-36-22-20-34(40(46)41-49(47)42(4)5)28-37(36)43(6)39(38)35-21-18-32(17-16-31-13-11-10-12-14-31)27-33(35)19-15-30(3)44-23-25-45(26-24-44)50(7,8)48;1-3-4-2/h10-15,18-22,27-29H,3,7,9,16-17,23-26H2,1-2,4-6,8H3,(H,41,46);3-4H2,1-2H3/b19-15+;. The molecule has 3 atom stereocenters. The molecule has 1 saturated heterocycles. The van der Waals surface area contributed by atoms with E-state index in [1.807, 2.05) is 28.6 Å². The molecular formula is C44H61N5O3S2. The molecule has 1 N–H and O–H groups in total. The van der Waals surface area contributed by atoms with Crippen LogP contribution in [-0.4, -0.2) is 84.8 Å². The van der Waals surface area contributed by atoms with Gasteiger partial charge in [0.25, 0.3) is 5.91 Å². The third kappa shape index (κ3) is 10.8. The van der Waals surface area contributed by atoms with Gasteiger partial charge in [0.15, 0.2) is 11.2 Å². The van der Waals surface area contributed by atoms with Crippen molar-refractivity contribution in [2.45, 2.75) is 65.7 Å². The lowest BCUT2D eigenvalue weighted by molar-refractivity contribution is 0.0981. The SMILES string of the molecule is C=C(/C=C/c1cc(CCc2ccccc2)ccc1-c1c(C(C)CC)c2ccc(C(=O)NS(=O)N(C)C)cc2n1C)N1CCN(S(=C)(C)=O)CC1.CCCC. The van der Waals surface area contributed by atoms with Gasteiger partial charge in [0.05, 0.1) is 5.69 Å². The van der Waals surface area contributed by atoms with Crippen LogP contribution in [0, 0.1) is 0 Å². The smallest absolute Gasteiger partial charge is 0.264 e. The predicted molar refractivity (Wildman–Crippen MR) is 233 cm³/mol. The van der Waals surface area contributed by atoms with E-state index in [0.29, 0.717) is 18.7 Å². The van der Waals surface area contributed by atoms with Crippen LogP contribution >= 0.6 is 0 Å². The third-order valence-electron chi connectivity index (χ3n) is 10.2. The van der Waals surface area contributed by atoms with Crippen LogP contribution in [0.1, 0.15) is 85.5 Å². The number of piperazine rings is 1. The summed E-state index contributed by atoms with van der Waals surface area (Å²) in [5.74, 6) is 3.74. The molecule has 292 valence electrons. The van der Waals surface area contributed by atoms with Crippen LogP contribution in [0.2, 0.25) is 0 Å². The summed E-state index contributed by atoms with van der Waals surface area (Å²) in [6.07, 6.45) is 11.4. The number of allylic oxidation sites excluding steroid dienone is 1. The number of benzene rings is 3. The van der Waals surface area contributed by atoms with E-state index in [-0.39, 0.29) is 11.8 Å². The van der Waals surface area contributed by atoms with E-state index in [9.17, 15) is 13.2 Å². The molecule has 3 unspecified atom stereocenters. The fraction of sp³-hybridized carbons (Fsp3) is 0.409. The number of aryl methyl sites for hydroxylation is 3. The van der Waals surface area contributed by atoms with E-state index in [4.69, 9.17) is 0 Å². The number of rotatable bonds is 14. The first-order valence-corrected chi connectivity index (χ1v) is 22.3. The van der Waals surface area contributed by atoms with Gasteiger partial charge in [-0.2, -0.15) is 0 Å². The maximum absolute atomic E-state index is 13.1. The first-order chi connectivity index (χ1) is 25.7. The molecule has 0 bridgehead atoms. The Morgan fingerprint density at radius 1 is 0.963 bits per heavy atom. The van der Waals surface area contributed by atoms with Gasteiger partial charge in [-0.15, -0.1) is 0 Å². The van der Waals surface area contributed by atoms with Crippen molar-refractivity contribution in [1.82, 2.24) is 22.8 Å². The first kappa shape index (κ1) is 42.8. The highest BCUT2D eigenvalue weighted by Gasteiger charge is 2.24. The molecule has 1 aliphatic rings. The lowest BCUT2D eigenvalue weighted by Crippen LogP contribution is -2.47. The molecule has 54 heavy (non-hydrogen) atoms. The number of unbranched alkanes of at least 4 members (excludes halogenated alkanes) is 1. The summed E-state index contributed by atoms with van der Waals surface area (Å²) < 4.78 is 33.1. The summed E-state index contributed by atoms with van der Waals surface area (Å²) in [4.78, 5) is 15.3. The molecule has 1 aliphatic heterocycles. The highest BCUT2D eigenvalue weighted by atomic mass is 32.2. The van der Waals surface area contributed by atoms with E-state index in [2.05, 4.69) is 116 Å². The maximum atomic E-state index is 13.1. The number of carbonyl (C=O) groups is 1. The van der Waals surface area contributed by atoms with E-state index < -0.39 is 20.9 Å². The molecule has 0 saturated carbocycles. The number of hydrogen-bond donors (Lipinski definition) is 1. The Hall–Kier alpha value is -3.96. The third-order valence-corrected chi connectivity index (χ3v) is 12.7. The Balaban J connectivity index is 0.00000155. The zero-order valence-corrected chi connectivity index (χ0v) is 35.3. The van der Waals surface area contributed by atoms with Gasteiger partial charge in [-0.1, -0.05) is 108 Å². The minimum absolute atomic E-state index is 0.261. The molecule has 3 aromatic carbocycles. The van der Waals surface area contributed by atoms with Crippen molar-refractivity contribution in [2.24, 2.45) is 7.05 Å². The van der Waals surface area contributed by atoms with Gasteiger partial charge in [-0.3, -0.25) is 13.7 Å².